The summed E-state index contributed by atoms with van der Waals surface area (Å²) in [4.78, 5) is 96.6. The molecule has 12 saturated heterocycles. The van der Waals surface area contributed by atoms with E-state index in [1.165, 1.54) is 0 Å². The molecule has 29 nitrogen and oxygen atoms in total. The number of methoxy groups -OCH3 is 2. The number of nitrogens with zero attached hydrogens (tertiary/aromatic N) is 12. The molecular weight excluding hydrogens is 1450 g/mol. The number of aliphatic hydroxyl groups excluding tert-OH is 1. The second-order valence-electron chi connectivity index (χ2n) is 36.3. The SMILES string of the molecule is CC(C)N1CCC(NC(=O)C2CCCO2)CC1.CC(C)N1CCC(NC(=O)N2CCC(C#N)C2)CC1.CC(C)N1CCC(NC(=O)N2CCC(O)C2)CC1.CC(C)OC1CCN(C(=O)NC2CCN(C(C)C)CC2)C1.COC1CCN(C(=O)NC2CCN(C(C)C)CC2)C1.COCC1CCN(C(=O)NC2CCN(C(C)C)CC2)C1. The third-order valence-electron chi connectivity index (χ3n) is 25.5. The maximum absolute atomic E-state index is 12.3. The molecule has 12 fully saturated rings. The Labute approximate surface area is 688 Å². The summed E-state index contributed by atoms with van der Waals surface area (Å²) in [5.74, 6) is 0.632. The molecule has 6 atom stereocenters. The van der Waals surface area contributed by atoms with E-state index in [4.69, 9.17) is 24.2 Å². The van der Waals surface area contributed by atoms with Crippen LogP contribution in [0.5, 0.6) is 0 Å². The summed E-state index contributed by atoms with van der Waals surface area (Å²) in [7, 11) is 3.44. The molecule has 0 aromatic heterocycles. The van der Waals surface area contributed by atoms with Crippen LogP contribution in [0.25, 0.3) is 0 Å². The number of β-amino-alcohol motifs (C(OH)–C–C–N with tert-alkyl or cyclic N) is 1. The van der Waals surface area contributed by atoms with Crippen LogP contribution in [0, 0.1) is 23.2 Å². The normalized spacial score (nSPS) is 26.0. The number of hydrogen-bond donors (Lipinski definition) is 7. The van der Waals surface area contributed by atoms with E-state index in [0.29, 0.717) is 104 Å². The molecule has 0 aliphatic carbocycles. The van der Waals surface area contributed by atoms with Crippen LogP contribution in [0.4, 0.5) is 24.0 Å². The minimum Gasteiger partial charge on any atom is -0.391 e. The van der Waals surface area contributed by atoms with E-state index in [-0.39, 0.29) is 72.5 Å². The number of carbonyl (C=O) groups excluding carboxylic acids is 6. The molecule has 6 unspecified atom stereocenters. The number of likely N-dealkylation sites (tertiary alicyclic amines) is 11. The number of carbonyl (C=O) groups is 6. The van der Waals surface area contributed by atoms with Gasteiger partial charge in [-0.2, -0.15) is 5.26 Å². The minimum absolute atomic E-state index is 0.00505. The third kappa shape index (κ3) is 33.2. The highest BCUT2D eigenvalue weighted by atomic mass is 16.5. The number of ether oxygens (including phenoxy) is 4. The van der Waals surface area contributed by atoms with Crippen molar-refractivity contribution in [1.82, 2.24) is 85.8 Å². The van der Waals surface area contributed by atoms with Gasteiger partial charge in [0.2, 0.25) is 5.91 Å². The second-order valence-corrected chi connectivity index (χ2v) is 36.3. The van der Waals surface area contributed by atoms with E-state index in [1.807, 2.05) is 28.5 Å². The van der Waals surface area contributed by atoms with Crippen molar-refractivity contribution in [3.05, 3.63) is 0 Å². The van der Waals surface area contributed by atoms with Gasteiger partial charge in [0.1, 0.15) is 6.10 Å². The van der Waals surface area contributed by atoms with E-state index >= 15 is 0 Å². The number of nitrogens with one attached hydrogen (secondary N) is 6. The molecule has 0 spiro atoms. The van der Waals surface area contributed by atoms with Gasteiger partial charge in [-0.1, -0.05) is 0 Å². The predicted octanol–water partition coefficient (Wildman–Crippen LogP) is 8.10. The Morgan fingerprint density at radius 1 is 0.377 bits per heavy atom. The molecule has 0 bridgehead atoms. The van der Waals surface area contributed by atoms with E-state index in [9.17, 15) is 33.9 Å². The third-order valence-corrected chi connectivity index (χ3v) is 25.5. The molecule has 12 aliphatic rings. The summed E-state index contributed by atoms with van der Waals surface area (Å²) in [5, 5.41) is 37.2. The molecule has 0 saturated carbocycles. The Bertz CT molecular complexity index is 2810. The van der Waals surface area contributed by atoms with Crippen LogP contribution in [0.2, 0.25) is 0 Å². The zero-order valence-corrected chi connectivity index (χ0v) is 73.8. The van der Waals surface area contributed by atoms with Gasteiger partial charge in [0, 0.05) is 243 Å². The largest absolute Gasteiger partial charge is 0.391 e. The summed E-state index contributed by atoms with van der Waals surface area (Å²) >= 11 is 0. The molecule has 656 valence electrons. The lowest BCUT2D eigenvalue weighted by Gasteiger charge is -2.35. The highest BCUT2D eigenvalue weighted by Gasteiger charge is 2.36. The highest BCUT2D eigenvalue weighted by molar-refractivity contribution is 5.81. The van der Waals surface area contributed by atoms with Crippen molar-refractivity contribution in [2.75, 3.05) is 171 Å². The highest BCUT2D eigenvalue weighted by Crippen LogP contribution is 2.25. The summed E-state index contributed by atoms with van der Waals surface area (Å²) < 4.78 is 21.7. The van der Waals surface area contributed by atoms with Crippen molar-refractivity contribution in [3.8, 4) is 6.07 Å². The van der Waals surface area contributed by atoms with Gasteiger partial charge in [-0.15, -0.1) is 0 Å². The van der Waals surface area contributed by atoms with Gasteiger partial charge in [0.25, 0.3) is 0 Å². The lowest BCUT2D eigenvalue weighted by Crippen LogP contribution is -2.50. The van der Waals surface area contributed by atoms with Crippen molar-refractivity contribution in [2.45, 2.75) is 322 Å². The molecular formula is C85H160N18O11. The van der Waals surface area contributed by atoms with Crippen LogP contribution < -0.4 is 31.9 Å². The maximum atomic E-state index is 12.3. The fourth-order valence-corrected chi connectivity index (χ4v) is 17.6. The van der Waals surface area contributed by atoms with Gasteiger partial charge < -0.3 is 110 Å². The maximum Gasteiger partial charge on any atom is 0.317 e. The zero-order chi connectivity index (χ0) is 83.0. The molecule has 12 aliphatic heterocycles. The smallest absolute Gasteiger partial charge is 0.317 e. The molecule has 11 amide bonds. The van der Waals surface area contributed by atoms with Gasteiger partial charge in [-0.25, -0.2) is 24.0 Å². The van der Waals surface area contributed by atoms with Crippen molar-refractivity contribution >= 4 is 36.1 Å². The van der Waals surface area contributed by atoms with Crippen LogP contribution in [0.15, 0.2) is 0 Å². The van der Waals surface area contributed by atoms with E-state index < -0.39 is 0 Å². The van der Waals surface area contributed by atoms with Gasteiger partial charge in [0.05, 0.1) is 43.0 Å². The molecule has 114 heavy (non-hydrogen) atoms. The fraction of sp³-hybridized carbons (Fsp3) is 0.918. The number of aliphatic hydroxyl groups is 1. The second kappa shape index (κ2) is 50.1. The van der Waals surface area contributed by atoms with Gasteiger partial charge in [-0.05, 0) is 219 Å². The average Bonchev–Trinajstić information content (AvgIpc) is 1.74. The number of amides is 11. The molecule has 29 heteroatoms. The standard InChI is InChI=1S/C16H31N3O2.C15H29N3O2.C14H24N4O.C14H27N3O2.C13H25N3O2.C13H24N2O2/c1-12(2)18-8-5-14(6-9-18)17-16(20)19-10-7-15(11-19)21-13(3)4;1-12(2)17-8-5-14(6-9-17)16-15(19)18-7-4-13(10-18)11-20-3;1-11(2)17-7-4-13(5-8-17)16-14(19)18-6-3-12(9-15)10-18;1-11(2)16-7-4-12(5-8-16)15-14(18)17-9-6-13(10-17)19-3;1-10(2)15-6-3-11(4-7-15)14-13(18)16-8-5-12(17)9-16;1-10(2)15-7-5-11(6-8-15)14-13(16)12-4-3-9-17-12/h12-15H,5-11H2,1-4H3,(H,17,20);12-14H,4-11H2,1-3H3,(H,16,19);11-13H,3-8,10H2,1-2H3,(H,16,19);11-13H,4-10H2,1-3H3,(H,15,18);10-12,17H,3-9H2,1-2H3,(H,14,18);10-12H,3-9H2,1-2H3,(H,14,16). The first-order valence-corrected chi connectivity index (χ1v) is 44.9. The Hall–Kier alpha value is -5.13. The lowest BCUT2D eigenvalue weighted by molar-refractivity contribution is -0.131. The number of piperidine rings is 6. The van der Waals surface area contributed by atoms with Crippen molar-refractivity contribution in [2.24, 2.45) is 11.8 Å². The lowest BCUT2D eigenvalue weighted by atomic mass is 10.0. The zero-order valence-electron chi connectivity index (χ0n) is 73.8. The molecule has 12 rings (SSSR count). The summed E-state index contributed by atoms with van der Waals surface area (Å²) in [5.41, 5.74) is 0. The number of urea groups is 5. The topological polar surface area (TPSA) is 291 Å². The number of hydrogen-bond acceptors (Lipinski definition) is 18. The van der Waals surface area contributed by atoms with E-state index in [0.717, 1.165) is 253 Å². The van der Waals surface area contributed by atoms with Crippen LogP contribution in [-0.2, 0) is 23.7 Å². The predicted molar refractivity (Wildman–Crippen MR) is 450 cm³/mol. The summed E-state index contributed by atoms with van der Waals surface area (Å²) in [6.45, 7) is 52.5. The first-order chi connectivity index (χ1) is 54.5. The van der Waals surface area contributed by atoms with Crippen molar-refractivity contribution < 1.29 is 52.8 Å². The summed E-state index contributed by atoms with van der Waals surface area (Å²) in [6.07, 6.45) is 19.2. The van der Waals surface area contributed by atoms with Gasteiger partial charge in [-0.3, -0.25) is 4.79 Å². The molecule has 0 aromatic rings. The monoisotopic (exact) mass is 1610 g/mol. The Kier molecular flexibility index (Phi) is 42.2. The first kappa shape index (κ1) is 96.0. The van der Waals surface area contributed by atoms with E-state index in [1.54, 1.807) is 24.0 Å². The van der Waals surface area contributed by atoms with Gasteiger partial charge >= 0.3 is 30.2 Å². The minimum atomic E-state index is -0.335. The van der Waals surface area contributed by atoms with Crippen LogP contribution in [-0.4, -0.2) is 370 Å². The van der Waals surface area contributed by atoms with Crippen molar-refractivity contribution in [1.29, 1.82) is 5.26 Å². The fourth-order valence-electron chi connectivity index (χ4n) is 17.6. The molecule has 12 heterocycles. The van der Waals surface area contributed by atoms with Crippen molar-refractivity contribution in [3.63, 3.8) is 0 Å². The van der Waals surface area contributed by atoms with Gasteiger partial charge in [0.15, 0.2) is 0 Å². The van der Waals surface area contributed by atoms with Crippen LogP contribution in [0.1, 0.15) is 219 Å². The Morgan fingerprint density at radius 2 is 0.684 bits per heavy atom. The molecule has 0 aromatic carbocycles. The number of nitriles is 1. The molecule has 7 N–H and O–H groups in total. The van der Waals surface area contributed by atoms with Crippen LogP contribution in [0.3, 0.4) is 0 Å². The Balaban J connectivity index is 0.000000190. The average molecular weight is 1610 g/mol. The van der Waals surface area contributed by atoms with E-state index in [2.05, 4.69) is 150 Å². The Morgan fingerprint density at radius 3 is 0.974 bits per heavy atom. The first-order valence-electron chi connectivity index (χ1n) is 44.9. The number of rotatable bonds is 18. The van der Waals surface area contributed by atoms with Crippen LogP contribution >= 0.6 is 0 Å². The molecule has 0 radical (unpaired) electrons. The quantitative estimate of drug-likeness (QED) is 0.0682. The summed E-state index contributed by atoms with van der Waals surface area (Å²) in [6, 6.07) is 8.12.